The lowest BCUT2D eigenvalue weighted by atomic mass is 10.0. The first-order chi connectivity index (χ1) is 28.8. The van der Waals surface area contributed by atoms with Gasteiger partial charge in [-0.15, -0.1) is 0 Å². The number of aromatic nitrogens is 2. The van der Waals surface area contributed by atoms with Gasteiger partial charge >= 0.3 is 0 Å². The summed E-state index contributed by atoms with van der Waals surface area (Å²) in [6, 6.07) is 74.3. The van der Waals surface area contributed by atoms with E-state index in [1.54, 1.807) is 0 Å². The minimum absolute atomic E-state index is 0.113. The van der Waals surface area contributed by atoms with Crippen LogP contribution < -0.4 is 9.80 Å². The Bertz CT molecular complexity index is 3050. The number of rotatable bonds is 8. The fraction of sp³-hybridized carbons (Fsp3) is 0.0370. The highest BCUT2D eigenvalue weighted by molar-refractivity contribution is 6.19. The van der Waals surface area contributed by atoms with E-state index in [0.717, 1.165) is 40.5 Å². The molecule has 10 aromatic rings. The highest BCUT2D eigenvalue weighted by Gasteiger charge is 2.24. The van der Waals surface area contributed by atoms with Crippen LogP contribution in [0, 0.1) is 0 Å². The van der Waals surface area contributed by atoms with Gasteiger partial charge in [-0.1, -0.05) is 121 Å². The van der Waals surface area contributed by atoms with Gasteiger partial charge in [0.25, 0.3) is 0 Å². The molecular formula is C54H40N4. The Hall–Kier alpha value is -7.56. The molecule has 4 nitrogen and oxygen atoms in total. The van der Waals surface area contributed by atoms with Crippen molar-refractivity contribution in [1.29, 1.82) is 0 Å². The van der Waals surface area contributed by atoms with Crippen molar-refractivity contribution in [3.8, 4) is 5.69 Å². The molecule has 0 saturated heterocycles. The van der Waals surface area contributed by atoms with Crippen LogP contribution in [0.25, 0.3) is 49.3 Å². The summed E-state index contributed by atoms with van der Waals surface area (Å²) in [6.45, 7) is 0. The molecule has 1 aliphatic rings. The Kier molecular flexibility index (Phi) is 8.25. The average Bonchev–Trinajstić information content (AvgIpc) is 3.79. The second kappa shape index (κ2) is 14.2. The largest absolute Gasteiger partial charge is 0.333 e. The normalized spacial score (nSPS) is 14.0. The second-order valence-electron chi connectivity index (χ2n) is 15.0. The summed E-state index contributed by atoms with van der Waals surface area (Å²) >= 11 is 0. The molecule has 1 unspecified atom stereocenters. The molecule has 0 spiro atoms. The van der Waals surface area contributed by atoms with Crippen molar-refractivity contribution in [2.24, 2.45) is 0 Å². The van der Waals surface area contributed by atoms with E-state index in [9.17, 15) is 0 Å². The lowest BCUT2D eigenvalue weighted by Crippen LogP contribution is -2.18. The van der Waals surface area contributed by atoms with Crippen LogP contribution >= 0.6 is 0 Å². The van der Waals surface area contributed by atoms with Gasteiger partial charge in [0.05, 0.1) is 22.6 Å². The summed E-state index contributed by atoms with van der Waals surface area (Å²) in [4.78, 5) is 4.72. The molecule has 2 heterocycles. The van der Waals surface area contributed by atoms with E-state index in [1.165, 1.54) is 49.3 Å². The van der Waals surface area contributed by atoms with Crippen molar-refractivity contribution < 1.29 is 0 Å². The zero-order valence-electron chi connectivity index (χ0n) is 31.9. The molecule has 0 aliphatic heterocycles. The maximum Gasteiger partial charge on any atom is 0.0561 e. The van der Waals surface area contributed by atoms with Crippen LogP contribution in [0.2, 0.25) is 0 Å². The van der Waals surface area contributed by atoms with Gasteiger partial charge in [-0.05, 0) is 110 Å². The van der Waals surface area contributed by atoms with E-state index in [-0.39, 0.29) is 6.04 Å². The Morgan fingerprint density at radius 1 is 0.379 bits per heavy atom. The van der Waals surface area contributed by atoms with Gasteiger partial charge in [-0.2, -0.15) is 0 Å². The predicted molar refractivity (Wildman–Crippen MR) is 244 cm³/mol. The van der Waals surface area contributed by atoms with Gasteiger partial charge in [0.15, 0.2) is 0 Å². The highest BCUT2D eigenvalue weighted by atomic mass is 15.2. The number of hydrogen-bond acceptors (Lipinski definition) is 2. The molecule has 0 fully saturated rings. The molecule has 8 aromatic carbocycles. The quantitative estimate of drug-likeness (QED) is 0.154. The molecule has 0 N–H and O–H groups in total. The fourth-order valence-electron chi connectivity index (χ4n) is 9.01. The summed E-state index contributed by atoms with van der Waals surface area (Å²) in [5.74, 6) is 0. The Morgan fingerprint density at radius 3 is 1.47 bits per heavy atom. The standard InChI is InChI=1S/C54H40N4/c1-6-18-39(19-7-1)55(40-20-8-2-9-21-40)44-30-32-45(33-31-44)58-52-35-34-46(56(41-22-10-3-11-23-41)42-24-12-4-13-25-42)36-48(52)50-38-53-49(37-54(50)58)47-28-16-17-29-51(47)57(53)43-26-14-5-15-27-43/h1-32,34-38,45H,33H2. The highest BCUT2D eigenvalue weighted by Crippen LogP contribution is 2.44. The van der Waals surface area contributed by atoms with Gasteiger partial charge in [0.2, 0.25) is 0 Å². The first-order valence-corrected chi connectivity index (χ1v) is 20.1. The third kappa shape index (κ3) is 5.69. The van der Waals surface area contributed by atoms with Crippen molar-refractivity contribution in [3.05, 3.63) is 230 Å². The van der Waals surface area contributed by atoms with Gasteiger partial charge in [0.1, 0.15) is 0 Å². The maximum absolute atomic E-state index is 2.58. The van der Waals surface area contributed by atoms with Crippen LogP contribution in [0.5, 0.6) is 0 Å². The molecule has 0 saturated carbocycles. The van der Waals surface area contributed by atoms with Gasteiger partial charge in [-0.3, -0.25) is 0 Å². The zero-order chi connectivity index (χ0) is 38.4. The van der Waals surface area contributed by atoms with Crippen molar-refractivity contribution in [2.75, 3.05) is 9.80 Å². The Balaban J connectivity index is 1.13. The number of allylic oxidation sites excluding steroid dienone is 3. The Morgan fingerprint density at radius 2 is 0.879 bits per heavy atom. The molecule has 2 aromatic heterocycles. The van der Waals surface area contributed by atoms with E-state index < -0.39 is 0 Å². The van der Waals surface area contributed by atoms with E-state index in [4.69, 9.17) is 0 Å². The summed E-state index contributed by atoms with van der Waals surface area (Å²) in [5, 5.41) is 4.97. The predicted octanol–water partition coefficient (Wildman–Crippen LogP) is 14.6. The van der Waals surface area contributed by atoms with Crippen LogP contribution in [0.1, 0.15) is 12.5 Å². The van der Waals surface area contributed by atoms with Crippen LogP contribution in [-0.2, 0) is 0 Å². The second-order valence-corrected chi connectivity index (χ2v) is 15.0. The minimum Gasteiger partial charge on any atom is -0.333 e. The number of benzene rings is 8. The van der Waals surface area contributed by atoms with Gasteiger partial charge in [0, 0.05) is 66.9 Å². The Labute approximate surface area is 338 Å². The fourth-order valence-corrected chi connectivity index (χ4v) is 9.01. The maximum atomic E-state index is 2.58. The first kappa shape index (κ1) is 33.8. The van der Waals surface area contributed by atoms with Crippen molar-refractivity contribution >= 4 is 72.0 Å². The van der Waals surface area contributed by atoms with E-state index in [2.05, 4.69) is 243 Å². The summed E-state index contributed by atoms with van der Waals surface area (Å²) in [5.41, 5.74) is 12.9. The van der Waals surface area contributed by atoms with Crippen LogP contribution in [-0.4, -0.2) is 9.13 Å². The summed E-state index contributed by atoms with van der Waals surface area (Å²) in [6.07, 6.45) is 7.97. The molecule has 1 aliphatic carbocycles. The molecular weight excluding hydrogens is 705 g/mol. The molecule has 0 radical (unpaired) electrons. The number of fused-ring (bicyclic) bond motifs is 6. The first-order valence-electron chi connectivity index (χ1n) is 20.1. The number of para-hydroxylation sites is 6. The molecule has 0 amide bonds. The third-order valence-electron chi connectivity index (χ3n) is 11.6. The number of nitrogens with zero attached hydrogens (tertiary/aromatic N) is 4. The van der Waals surface area contributed by atoms with Crippen molar-refractivity contribution in [3.63, 3.8) is 0 Å². The van der Waals surface area contributed by atoms with Crippen molar-refractivity contribution in [2.45, 2.75) is 12.5 Å². The molecule has 276 valence electrons. The number of hydrogen-bond donors (Lipinski definition) is 0. The molecule has 1 atom stereocenters. The lowest BCUT2D eigenvalue weighted by molar-refractivity contribution is 0.643. The van der Waals surface area contributed by atoms with E-state index in [0.29, 0.717) is 0 Å². The van der Waals surface area contributed by atoms with Crippen LogP contribution in [0.4, 0.5) is 28.4 Å². The minimum atomic E-state index is 0.113. The molecule has 0 bridgehead atoms. The number of anilines is 5. The van der Waals surface area contributed by atoms with Crippen LogP contribution in [0.3, 0.4) is 0 Å². The van der Waals surface area contributed by atoms with Crippen molar-refractivity contribution in [1.82, 2.24) is 9.13 Å². The summed E-state index contributed by atoms with van der Waals surface area (Å²) < 4.78 is 5.01. The topological polar surface area (TPSA) is 16.3 Å². The smallest absolute Gasteiger partial charge is 0.0561 e. The monoisotopic (exact) mass is 744 g/mol. The van der Waals surface area contributed by atoms with Gasteiger partial charge in [-0.25, -0.2) is 0 Å². The molecule has 58 heavy (non-hydrogen) atoms. The SMILES string of the molecule is C1=CC(n2c3ccc(N(c4ccccc4)c4ccccc4)cc3c3cc4c(cc32)c2ccccc2n4-c2ccccc2)CC=C1N(c1ccccc1)c1ccccc1. The van der Waals surface area contributed by atoms with E-state index in [1.807, 2.05) is 0 Å². The average molecular weight is 745 g/mol. The van der Waals surface area contributed by atoms with E-state index >= 15 is 0 Å². The lowest BCUT2D eigenvalue weighted by Gasteiger charge is -2.29. The summed E-state index contributed by atoms with van der Waals surface area (Å²) in [7, 11) is 0. The molecule has 11 rings (SSSR count). The molecule has 4 heteroatoms. The van der Waals surface area contributed by atoms with Crippen LogP contribution in [0.15, 0.2) is 230 Å². The third-order valence-corrected chi connectivity index (χ3v) is 11.6. The van der Waals surface area contributed by atoms with Gasteiger partial charge < -0.3 is 18.9 Å². The zero-order valence-corrected chi connectivity index (χ0v) is 31.9.